The Labute approximate surface area is 229 Å². The number of pyridine rings is 1. The van der Waals surface area contributed by atoms with Gasteiger partial charge in [-0.2, -0.15) is 0 Å². The van der Waals surface area contributed by atoms with E-state index in [2.05, 4.69) is 19.7 Å². The molecule has 39 heavy (non-hydrogen) atoms. The molecule has 0 aliphatic carbocycles. The van der Waals surface area contributed by atoms with Crippen LogP contribution in [0.15, 0.2) is 34.2 Å². The number of carbonyl (C=O) groups is 2. The van der Waals surface area contributed by atoms with Crippen LogP contribution in [0.4, 0.5) is 18.0 Å². The van der Waals surface area contributed by atoms with Crippen molar-refractivity contribution in [2.24, 2.45) is 11.5 Å². The summed E-state index contributed by atoms with van der Waals surface area (Å²) in [5.41, 5.74) is 7.92. The molecule has 0 radical (unpaired) electrons. The van der Waals surface area contributed by atoms with E-state index in [1.54, 1.807) is 6.92 Å². The van der Waals surface area contributed by atoms with Crippen LogP contribution in [0.1, 0.15) is 29.7 Å². The van der Waals surface area contributed by atoms with E-state index in [-0.39, 0.29) is 28.0 Å². The molecule has 1 fully saturated rings. The lowest BCUT2D eigenvalue weighted by Crippen LogP contribution is -2.55. The summed E-state index contributed by atoms with van der Waals surface area (Å²) in [6.07, 6.45) is -0.707. The standard InChI is InChI=1S/C22H24F3N7O4S3/c1-11-15(12-3-4-28-14(7-12)21(2,10-23)16(24)25)38-18(30-11)22(17(26)33)8-13(9-32(22)19(27)34)31-39(35,36)20-29-5-6-37-20/h3-7,13,16,31H,8-10H2,1-2H3,(H2,26,33)(H2,27,34). The van der Waals surface area contributed by atoms with Gasteiger partial charge in [-0.25, -0.2) is 41.1 Å². The first-order valence-electron chi connectivity index (χ1n) is 11.3. The fourth-order valence-electron chi connectivity index (χ4n) is 4.38. The first-order chi connectivity index (χ1) is 18.3. The average Bonchev–Trinajstić information content (AvgIpc) is 3.62. The van der Waals surface area contributed by atoms with E-state index in [1.807, 2.05) is 0 Å². The molecule has 3 atom stereocenters. The third kappa shape index (κ3) is 4.99. The average molecular weight is 604 g/mol. The summed E-state index contributed by atoms with van der Waals surface area (Å²) in [4.78, 5) is 39.0. The van der Waals surface area contributed by atoms with Crippen molar-refractivity contribution in [1.82, 2.24) is 24.6 Å². The Balaban J connectivity index is 1.76. The minimum absolute atomic E-state index is 0.0534. The summed E-state index contributed by atoms with van der Waals surface area (Å²) in [5.74, 6) is -0.990. The lowest BCUT2D eigenvalue weighted by atomic mass is 9.87. The molecule has 17 heteroatoms. The van der Waals surface area contributed by atoms with Gasteiger partial charge in [0.2, 0.25) is 4.34 Å². The largest absolute Gasteiger partial charge is 0.367 e. The molecule has 3 aromatic rings. The highest BCUT2D eigenvalue weighted by molar-refractivity contribution is 7.91. The lowest BCUT2D eigenvalue weighted by molar-refractivity contribution is -0.127. The summed E-state index contributed by atoms with van der Waals surface area (Å²) in [6, 6.07) is 0.843. The van der Waals surface area contributed by atoms with Gasteiger partial charge in [-0.15, -0.1) is 22.7 Å². The van der Waals surface area contributed by atoms with Crippen molar-refractivity contribution in [2.45, 2.75) is 48.0 Å². The second-order valence-corrected chi connectivity index (χ2v) is 13.0. The van der Waals surface area contributed by atoms with Crippen LogP contribution in [0.2, 0.25) is 0 Å². The predicted molar refractivity (Wildman–Crippen MR) is 137 cm³/mol. The van der Waals surface area contributed by atoms with Crippen LogP contribution in [-0.4, -0.2) is 65.9 Å². The molecule has 3 unspecified atom stereocenters. The third-order valence-electron chi connectivity index (χ3n) is 6.56. The molecule has 0 spiro atoms. The Kier molecular flexibility index (Phi) is 7.72. The number of rotatable bonds is 9. The summed E-state index contributed by atoms with van der Waals surface area (Å²) >= 11 is 1.84. The minimum Gasteiger partial charge on any atom is -0.367 e. The van der Waals surface area contributed by atoms with E-state index in [0.717, 1.165) is 34.5 Å². The number of hydrogen-bond donors (Lipinski definition) is 3. The fourth-order valence-corrected chi connectivity index (χ4v) is 7.73. The Morgan fingerprint density at radius 3 is 2.59 bits per heavy atom. The van der Waals surface area contributed by atoms with Crippen LogP contribution < -0.4 is 16.2 Å². The SMILES string of the molecule is Cc1nc(C2(C(N)=O)CC(NS(=O)(=O)c3nccs3)CN2C(N)=O)sc1-c1ccnc(C(C)(CF)C(F)F)c1. The lowest BCUT2D eigenvalue weighted by Gasteiger charge is -2.32. The topological polar surface area (TPSA) is 174 Å². The van der Waals surface area contributed by atoms with Crippen LogP contribution in [0.25, 0.3) is 10.4 Å². The minimum atomic E-state index is -4.07. The maximum absolute atomic E-state index is 13.7. The van der Waals surface area contributed by atoms with Crippen LogP contribution in [0.5, 0.6) is 0 Å². The number of nitrogens with two attached hydrogens (primary N) is 2. The molecule has 0 aromatic carbocycles. The number of primary amides is 2. The van der Waals surface area contributed by atoms with Crippen molar-refractivity contribution in [3.8, 4) is 10.4 Å². The fraction of sp³-hybridized carbons (Fsp3) is 0.409. The zero-order chi connectivity index (χ0) is 28.8. The Hall–Kier alpha value is -3.15. The van der Waals surface area contributed by atoms with Crippen LogP contribution in [0.3, 0.4) is 0 Å². The van der Waals surface area contributed by atoms with Crippen LogP contribution >= 0.6 is 22.7 Å². The van der Waals surface area contributed by atoms with Gasteiger partial charge in [-0.1, -0.05) is 0 Å². The molecule has 3 amide bonds. The van der Waals surface area contributed by atoms with Crippen molar-refractivity contribution in [2.75, 3.05) is 13.2 Å². The van der Waals surface area contributed by atoms with E-state index in [0.29, 0.717) is 16.1 Å². The van der Waals surface area contributed by atoms with Gasteiger partial charge in [-0.05, 0) is 31.5 Å². The van der Waals surface area contributed by atoms with E-state index in [1.165, 1.54) is 29.9 Å². The first kappa shape index (κ1) is 28.8. The predicted octanol–water partition coefficient (Wildman–Crippen LogP) is 2.27. The molecule has 0 bridgehead atoms. The molecule has 4 rings (SSSR count). The highest BCUT2D eigenvalue weighted by Crippen LogP contribution is 2.44. The normalized spacial score (nSPS) is 21.3. The molecule has 0 saturated carbocycles. The van der Waals surface area contributed by atoms with Gasteiger partial charge < -0.3 is 16.4 Å². The Bertz CT molecular complexity index is 1500. The number of likely N-dealkylation sites (tertiary alicyclic amines) is 1. The summed E-state index contributed by atoms with van der Waals surface area (Å²) < 4.78 is 68.7. The molecule has 1 saturated heterocycles. The quantitative estimate of drug-likeness (QED) is 0.336. The molecule has 5 N–H and O–H groups in total. The highest BCUT2D eigenvalue weighted by atomic mass is 32.2. The van der Waals surface area contributed by atoms with Gasteiger partial charge in [-0.3, -0.25) is 9.78 Å². The third-order valence-corrected chi connectivity index (χ3v) is 10.6. The van der Waals surface area contributed by atoms with Gasteiger partial charge >= 0.3 is 6.03 Å². The van der Waals surface area contributed by atoms with E-state index < -0.39 is 52.1 Å². The van der Waals surface area contributed by atoms with Crippen molar-refractivity contribution in [3.63, 3.8) is 0 Å². The second-order valence-electron chi connectivity index (χ2n) is 9.21. The molecule has 3 aromatic heterocycles. The number of urea groups is 1. The van der Waals surface area contributed by atoms with E-state index >= 15 is 0 Å². The number of hydrogen-bond acceptors (Lipinski definition) is 9. The van der Waals surface area contributed by atoms with E-state index in [9.17, 15) is 31.2 Å². The number of alkyl halides is 3. The van der Waals surface area contributed by atoms with E-state index in [4.69, 9.17) is 11.5 Å². The number of nitrogens with one attached hydrogen (secondary N) is 1. The van der Waals surface area contributed by atoms with Gasteiger partial charge in [0, 0.05) is 36.8 Å². The molecule has 1 aliphatic rings. The maximum atomic E-state index is 13.7. The summed E-state index contributed by atoms with van der Waals surface area (Å²) in [5, 5.41) is 1.53. The van der Waals surface area contributed by atoms with Gasteiger partial charge in [0.05, 0.1) is 21.7 Å². The van der Waals surface area contributed by atoms with Crippen molar-refractivity contribution in [3.05, 3.63) is 46.3 Å². The molecule has 210 valence electrons. The number of sulfonamides is 1. The van der Waals surface area contributed by atoms with Crippen molar-refractivity contribution < 1.29 is 31.2 Å². The number of thiazole rings is 2. The van der Waals surface area contributed by atoms with Crippen molar-refractivity contribution in [1.29, 1.82) is 0 Å². The molecule has 11 nitrogen and oxygen atoms in total. The Morgan fingerprint density at radius 2 is 2.03 bits per heavy atom. The van der Waals surface area contributed by atoms with Crippen LogP contribution in [-0.2, 0) is 25.8 Å². The smallest absolute Gasteiger partial charge is 0.316 e. The Morgan fingerprint density at radius 1 is 1.31 bits per heavy atom. The highest BCUT2D eigenvalue weighted by Gasteiger charge is 2.56. The number of aromatic nitrogens is 3. The molecular formula is C22H24F3N7O4S3. The second kappa shape index (κ2) is 10.4. The molecular weight excluding hydrogens is 579 g/mol. The van der Waals surface area contributed by atoms with Gasteiger partial charge in [0.25, 0.3) is 22.4 Å². The summed E-state index contributed by atoms with van der Waals surface area (Å²) in [7, 11) is -4.07. The van der Waals surface area contributed by atoms with Crippen molar-refractivity contribution >= 4 is 44.6 Å². The monoisotopic (exact) mass is 603 g/mol. The summed E-state index contributed by atoms with van der Waals surface area (Å²) in [6.45, 7) is 1.04. The number of halogens is 3. The zero-order valence-corrected chi connectivity index (χ0v) is 23.0. The first-order valence-corrected chi connectivity index (χ1v) is 14.5. The number of nitrogens with zero attached hydrogens (tertiary/aromatic N) is 4. The van der Waals surface area contributed by atoms with Gasteiger partial charge in [0.1, 0.15) is 11.7 Å². The number of carbonyl (C=O) groups excluding carboxylic acids is 2. The number of amides is 3. The molecule has 4 heterocycles. The zero-order valence-electron chi connectivity index (χ0n) is 20.6. The number of aryl methyl sites for hydroxylation is 1. The van der Waals surface area contributed by atoms with Gasteiger partial charge in [0.15, 0.2) is 5.54 Å². The molecule has 1 aliphatic heterocycles. The maximum Gasteiger partial charge on any atom is 0.316 e. The van der Waals surface area contributed by atoms with Crippen LogP contribution in [0, 0.1) is 6.92 Å².